The lowest BCUT2D eigenvalue weighted by molar-refractivity contribution is -0.140. The molecule has 178 valence electrons. The molecule has 1 unspecified atom stereocenters. The van der Waals surface area contributed by atoms with Gasteiger partial charge in [-0.05, 0) is 49.3 Å². The molecule has 1 aliphatic carbocycles. The van der Waals surface area contributed by atoms with E-state index in [0.717, 1.165) is 60.0 Å². The third-order valence-electron chi connectivity index (χ3n) is 6.27. The summed E-state index contributed by atoms with van der Waals surface area (Å²) in [6, 6.07) is 9.56. The van der Waals surface area contributed by atoms with Crippen LogP contribution in [0.15, 0.2) is 40.3 Å². The van der Waals surface area contributed by atoms with Crippen molar-refractivity contribution in [3.8, 4) is 5.69 Å². The van der Waals surface area contributed by atoms with Crippen LogP contribution in [0.4, 0.5) is 0 Å². The molecule has 0 radical (unpaired) electrons. The molecule has 0 saturated heterocycles. The lowest BCUT2D eigenvalue weighted by Crippen LogP contribution is -2.22. The number of nitrogens with zero attached hydrogens (tertiary/aromatic N) is 4. The van der Waals surface area contributed by atoms with Gasteiger partial charge >= 0.3 is 5.97 Å². The number of thiophene rings is 1. The van der Waals surface area contributed by atoms with Gasteiger partial charge in [0.15, 0.2) is 5.16 Å². The first-order valence-corrected chi connectivity index (χ1v) is 13.7. The van der Waals surface area contributed by atoms with Gasteiger partial charge in [-0.25, -0.2) is 8.97 Å². The van der Waals surface area contributed by atoms with Crippen LogP contribution in [-0.4, -0.2) is 37.5 Å². The van der Waals surface area contributed by atoms with E-state index in [-0.39, 0.29) is 17.3 Å². The van der Waals surface area contributed by atoms with Gasteiger partial charge in [0, 0.05) is 4.88 Å². The maximum atomic E-state index is 13.8. The SMILES string of the molecule is CCCCCOC(=O)CSc1nnc2n(-c3ccccc3)c(=O)c3c4c(sc3n12)CC(C)CC4. The summed E-state index contributed by atoms with van der Waals surface area (Å²) in [7, 11) is 0. The van der Waals surface area contributed by atoms with Gasteiger partial charge in [0.2, 0.25) is 5.78 Å². The number of benzene rings is 1. The molecule has 4 aromatic rings. The third-order valence-corrected chi connectivity index (χ3v) is 8.42. The van der Waals surface area contributed by atoms with Crippen LogP contribution in [0.5, 0.6) is 0 Å². The quantitative estimate of drug-likeness (QED) is 0.193. The minimum Gasteiger partial charge on any atom is -0.465 e. The van der Waals surface area contributed by atoms with Gasteiger partial charge in [-0.15, -0.1) is 21.5 Å². The topological polar surface area (TPSA) is 78.5 Å². The third kappa shape index (κ3) is 4.27. The number of fused-ring (bicyclic) bond motifs is 5. The van der Waals surface area contributed by atoms with Crippen LogP contribution < -0.4 is 5.56 Å². The molecule has 1 aromatic carbocycles. The highest BCUT2D eigenvalue weighted by Gasteiger charge is 2.27. The Kier molecular flexibility index (Phi) is 6.74. The number of aromatic nitrogens is 4. The van der Waals surface area contributed by atoms with Gasteiger partial charge in [0.25, 0.3) is 5.56 Å². The van der Waals surface area contributed by atoms with E-state index in [1.165, 1.54) is 16.6 Å². The van der Waals surface area contributed by atoms with Crippen molar-refractivity contribution in [2.24, 2.45) is 5.92 Å². The lowest BCUT2D eigenvalue weighted by atomic mass is 9.89. The molecule has 0 bridgehead atoms. The lowest BCUT2D eigenvalue weighted by Gasteiger charge is -2.17. The Labute approximate surface area is 206 Å². The minimum absolute atomic E-state index is 0.0555. The molecule has 7 nitrogen and oxygen atoms in total. The standard InChI is InChI=1S/C25H28N4O3S2/c1-3-4-8-13-32-20(30)15-33-25-27-26-24-28(17-9-6-5-7-10-17)22(31)21-18-12-11-16(2)14-19(18)34-23(21)29(24)25/h5-7,9-10,16H,3-4,8,11-15H2,1-2H3. The molecule has 0 saturated carbocycles. The monoisotopic (exact) mass is 496 g/mol. The van der Waals surface area contributed by atoms with E-state index in [0.29, 0.717) is 23.5 Å². The van der Waals surface area contributed by atoms with Crippen LogP contribution in [0.1, 0.15) is 50.0 Å². The average molecular weight is 497 g/mol. The van der Waals surface area contributed by atoms with E-state index < -0.39 is 0 Å². The number of aryl methyl sites for hydroxylation is 1. The summed E-state index contributed by atoms with van der Waals surface area (Å²) in [5.74, 6) is 0.963. The summed E-state index contributed by atoms with van der Waals surface area (Å²) in [5, 5.41) is 10.1. The van der Waals surface area contributed by atoms with Crippen LogP contribution in [0, 0.1) is 5.92 Å². The summed E-state index contributed by atoms with van der Waals surface area (Å²) in [4.78, 5) is 28.2. The Morgan fingerprint density at radius 1 is 1.24 bits per heavy atom. The zero-order chi connectivity index (χ0) is 23.7. The zero-order valence-electron chi connectivity index (χ0n) is 19.5. The van der Waals surface area contributed by atoms with Crippen molar-refractivity contribution >= 4 is 45.1 Å². The molecule has 0 spiro atoms. The molecule has 0 aliphatic heterocycles. The van der Waals surface area contributed by atoms with Crippen molar-refractivity contribution in [1.29, 1.82) is 0 Å². The smallest absolute Gasteiger partial charge is 0.316 e. The summed E-state index contributed by atoms with van der Waals surface area (Å²) in [6.07, 6.45) is 5.97. The molecule has 9 heteroatoms. The van der Waals surface area contributed by atoms with Crippen LogP contribution in [0.25, 0.3) is 21.7 Å². The van der Waals surface area contributed by atoms with Crippen LogP contribution in [-0.2, 0) is 22.4 Å². The molecule has 3 heterocycles. The van der Waals surface area contributed by atoms with Crippen molar-refractivity contribution in [3.05, 3.63) is 51.1 Å². The van der Waals surface area contributed by atoms with Crippen LogP contribution >= 0.6 is 23.1 Å². The molecule has 1 atom stereocenters. The first kappa shape index (κ1) is 23.1. The maximum Gasteiger partial charge on any atom is 0.316 e. The molecular formula is C25H28N4O3S2. The number of thioether (sulfide) groups is 1. The highest BCUT2D eigenvalue weighted by atomic mass is 32.2. The minimum atomic E-state index is -0.259. The molecule has 34 heavy (non-hydrogen) atoms. The second-order valence-electron chi connectivity index (χ2n) is 8.84. The fraction of sp³-hybridized carbons (Fsp3) is 0.440. The van der Waals surface area contributed by atoms with Gasteiger partial charge in [0.1, 0.15) is 4.83 Å². The zero-order valence-corrected chi connectivity index (χ0v) is 21.1. The number of unbranched alkanes of at least 4 members (excludes halogenated alkanes) is 2. The van der Waals surface area contributed by atoms with Crippen molar-refractivity contribution in [2.45, 2.75) is 57.5 Å². The predicted molar refractivity (Wildman–Crippen MR) is 136 cm³/mol. The van der Waals surface area contributed by atoms with Crippen LogP contribution in [0.2, 0.25) is 0 Å². The molecular weight excluding hydrogens is 468 g/mol. The number of ether oxygens (including phenoxy) is 1. The largest absolute Gasteiger partial charge is 0.465 e. The Hall–Kier alpha value is -2.65. The maximum absolute atomic E-state index is 13.8. The number of carbonyl (C=O) groups excluding carboxylic acids is 1. The number of para-hydroxylation sites is 1. The summed E-state index contributed by atoms with van der Waals surface area (Å²) in [6.45, 7) is 4.83. The molecule has 1 aliphatic rings. The van der Waals surface area contributed by atoms with Crippen molar-refractivity contribution in [1.82, 2.24) is 19.2 Å². The second-order valence-corrected chi connectivity index (χ2v) is 10.9. The van der Waals surface area contributed by atoms with Gasteiger partial charge < -0.3 is 4.74 Å². The van der Waals surface area contributed by atoms with Crippen molar-refractivity contribution in [2.75, 3.05) is 12.4 Å². The first-order chi connectivity index (χ1) is 16.6. The molecule has 0 amide bonds. The number of esters is 1. The van der Waals surface area contributed by atoms with Crippen molar-refractivity contribution < 1.29 is 9.53 Å². The van der Waals surface area contributed by atoms with E-state index in [9.17, 15) is 9.59 Å². The van der Waals surface area contributed by atoms with Gasteiger partial charge in [-0.3, -0.25) is 9.59 Å². The molecule has 0 N–H and O–H groups in total. The van der Waals surface area contributed by atoms with E-state index in [1.54, 1.807) is 15.9 Å². The summed E-state index contributed by atoms with van der Waals surface area (Å²) in [5.41, 5.74) is 1.86. The van der Waals surface area contributed by atoms with Gasteiger partial charge in [-0.2, -0.15) is 0 Å². The average Bonchev–Trinajstić information content (AvgIpc) is 3.42. The van der Waals surface area contributed by atoms with Crippen LogP contribution in [0.3, 0.4) is 0 Å². The van der Waals surface area contributed by atoms with E-state index in [4.69, 9.17) is 4.74 Å². The highest BCUT2D eigenvalue weighted by molar-refractivity contribution is 7.99. The highest BCUT2D eigenvalue weighted by Crippen LogP contribution is 2.38. The molecule has 3 aromatic heterocycles. The second kappa shape index (κ2) is 9.92. The number of hydrogen-bond acceptors (Lipinski definition) is 7. The van der Waals surface area contributed by atoms with E-state index in [2.05, 4.69) is 24.0 Å². The number of carbonyl (C=O) groups is 1. The van der Waals surface area contributed by atoms with Crippen molar-refractivity contribution in [3.63, 3.8) is 0 Å². The normalized spacial score (nSPS) is 15.6. The Bertz CT molecular complexity index is 1390. The molecule has 0 fully saturated rings. The molecule has 5 rings (SSSR count). The number of rotatable bonds is 8. The fourth-order valence-electron chi connectivity index (χ4n) is 4.51. The van der Waals surface area contributed by atoms with Gasteiger partial charge in [-0.1, -0.05) is 56.7 Å². The van der Waals surface area contributed by atoms with E-state index >= 15 is 0 Å². The van der Waals surface area contributed by atoms with Gasteiger partial charge in [0.05, 0.1) is 23.4 Å². The van der Waals surface area contributed by atoms with E-state index in [1.807, 2.05) is 34.7 Å². The first-order valence-electron chi connectivity index (χ1n) is 11.9. The summed E-state index contributed by atoms with van der Waals surface area (Å²) >= 11 is 2.97. The Balaban J connectivity index is 1.60. The summed E-state index contributed by atoms with van der Waals surface area (Å²) < 4.78 is 8.96. The predicted octanol–water partition coefficient (Wildman–Crippen LogP) is 5.05. The Morgan fingerprint density at radius 2 is 2.06 bits per heavy atom. The fourth-order valence-corrected chi connectivity index (χ4v) is 6.80. The number of hydrogen-bond donors (Lipinski definition) is 0. The Morgan fingerprint density at radius 3 is 2.85 bits per heavy atom.